The summed E-state index contributed by atoms with van der Waals surface area (Å²) >= 11 is 12.9. The lowest BCUT2D eigenvalue weighted by molar-refractivity contribution is 0.0720. The van der Waals surface area contributed by atoms with E-state index in [-0.39, 0.29) is 18.3 Å². The van der Waals surface area contributed by atoms with Crippen LogP contribution in [0.4, 0.5) is 0 Å². The minimum absolute atomic E-state index is 0. The third-order valence-electron chi connectivity index (χ3n) is 7.28. The van der Waals surface area contributed by atoms with Crippen LogP contribution >= 0.6 is 35.6 Å². The number of ether oxygens (including phenoxy) is 2. The summed E-state index contributed by atoms with van der Waals surface area (Å²) in [6.45, 7) is 5.95. The fourth-order valence-electron chi connectivity index (χ4n) is 5.37. The second kappa shape index (κ2) is 11.9. The van der Waals surface area contributed by atoms with Crippen molar-refractivity contribution in [2.75, 3.05) is 13.1 Å². The number of nitrogens with zero attached hydrogens (tertiary/aromatic N) is 3. The highest BCUT2D eigenvalue weighted by atomic mass is 35.5. The average Bonchev–Trinajstić information content (AvgIpc) is 3.35. The Morgan fingerprint density at radius 2 is 1.78 bits per heavy atom. The lowest BCUT2D eigenvalue weighted by Crippen LogP contribution is -2.46. The van der Waals surface area contributed by atoms with Crippen LogP contribution in [0.3, 0.4) is 0 Å². The standard InChI is InChI=1S/C31H30Cl2N4O3.ClH/c1-31(2)27-28(30(38)35-36-15-7-4-8-16-36)34-37(25-14-11-21(32)17-24(25)33)29(27)23-13-12-22(18-26(23)40-31)39-19-20-9-5-3-6-10-20;/h3,5-6,9-14,17-18H,4,7-8,15-16,19H2,1-2H3,(H,35,38);1H. The van der Waals surface area contributed by atoms with Gasteiger partial charge in [-0.15, -0.1) is 12.4 Å². The predicted octanol–water partition coefficient (Wildman–Crippen LogP) is 7.61. The van der Waals surface area contributed by atoms with Gasteiger partial charge >= 0.3 is 0 Å². The minimum atomic E-state index is -0.869. The first kappa shape index (κ1) is 29.3. The van der Waals surface area contributed by atoms with Gasteiger partial charge in [0.1, 0.15) is 23.7 Å². The Kier molecular flexibility index (Phi) is 8.52. The first-order valence-electron chi connectivity index (χ1n) is 13.5. The Hall–Kier alpha value is -3.23. The Balaban J connectivity index is 0.00000337. The van der Waals surface area contributed by atoms with Crippen LogP contribution in [-0.4, -0.2) is 33.8 Å². The van der Waals surface area contributed by atoms with Gasteiger partial charge in [0.25, 0.3) is 5.91 Å². The number of carbonyl (C=O) groups excluding carboxylic acids is 1. The second-order valence-corrected chi connectivity index (χ2v) is 11.5. The average molecular weight is 614 g/mol. The van der Waals surface area contributed by atoms with Crippen molar-refractivity contribution in [1.82, 2.24) is 20.2 Å². The summed E-state index contributed by atoms with van der Waals surface area (Å²) in [5.41, 5.74) is 6.41. The molecule has 0 atom stereocenters. The molecule has 1 saturated heterocycles. The molecule has 0 saturated carbocycles. The van der Waals surface area contributed by atoms with Gasteiger partial charge in [-0.1, -0.05) is 60.0 Å². The SMILES string of the molecule is CC1(C)Oc2cc(OCc3ccccc3)ccc2-c2c1c(C(=O)NN1CCCCC1)nn2-c1ccc(Cl)cc1Cl.Cl. The summed E-state index contributed by atoms with van der Waals surface area (Å²) in [7, 11) is 0. The third-order valence-corrected chi connectivity index (χ3v) is 7.82. The van der Waals surface area contributed by atoms with Crippen LogP contribution < -0.4 is 14.9 Å². The second-order valence-electron chi connectivity index (χ2n) is 10.6. The summed E-state index contributed by atoms with van der Waals surface area (Å²) < 4.78 is 14.3. The normalized spacial score (nSPS) is 15.6. The first-order valence-corrected chi connectivity index (χ1v) is 14.2. The molecule has 7 nitrogen and oxygen atoms in total. The molecule has 1 fully saturated rings. The summed E-state index contributed by atoms with van der Waals surface area (Å²) in [6.07, 6.45) is 3.26. The van der Waals surface area contributed by atoms with E-state index in [0.29, 0.717) is 45.1 Å². The molecule has 10 heteroatoms. The highest BCUT2D eigenvalue weighted by Crippen LogP contribution is 2.49. The molecule has 2 aliphatic rings. The molecule has 0 aliphatic carbocycles. The van der Waals surface area contributed by atoms with Crippen molar-refractivity contribution in [2.24, 2.45) is 0 Å². The van der Waals surface area contributed by atoms with Crippen molar-refractivity contribution >= 4 is 41.5 Å². The molecule has 3 aromatic carbocycles. The fourth-order valence-corrected chi connectivity index (χ4v) is 5.85. The summed E-state index contributed by atoms with van der Waals surface area (Å²) in [5.74, 6) is 1.04. The fraction of sp³-hybridized carbons (Fsp3) is 0.290. The van der Waals surface area contributed by atoms with E-state index >= 15 is 0 Å². The maximum Gasteiger partial charge on any atom is 0.286 e. The number of rotatable bonds is 6. The van der Waals surface area contributed by atoms with Crippen molar-refractivity contribution in [3.05, 3.63) is 93.6 Å². The summed E-state index contributed by atoms with van der Waals surface area (Å²) in [6, 6.07) is 21.0. The highest BCUT2D eigenvalue weighted by Gasteiger charge is 2.42. The lowest BCUT2D eigenvalue weighted by Gasteiger charge is -2.34. The molecular weight excluding hydrogens is 583 g/mol. The zero-order valence-electron chi connectivity index (χ0n) is 22.8. The van der Waals surface area contributed by atoms with Gasteiger partial charge in [0.15, 0.2) is 5.69 Å². The number of hydrogen-bond donors (Lipinski definition) is 1. The molecule has 214 valence electrons. The molecule has 6 rings (SSSR count). The smallest absolute Gasteiger partial charge is 0.286 e. The number of hydrazine groups is 1. The van der Waals surface area contributed by atoms with Gasteiger partial charge in [-0.2, -0.15) is 5.10 Å². The highest BCUT2D eigenvalue weighted by molar-refractivity contribution is 6.35. The number of nitrogens with one attached hydrogen (secondary N) is 1. The molecule has 41 heavy (non-hydrogen) atoms. The Morgan fingerprint density at radius 3 is 2.51 bits per heavy atom. The van der Waals surface area contributed by atoms with E-state index < -0.39 is 5.60 Å². The molecule has 0 radical (unpaired) electrons. The van der Waals surface area contributed by atoms with Crippen molar-refractivity contribution in [2.45, 2.75) is 45.3 Å². The quantitative estimate of drug-likeness (QED) is 0.243. The Bertz CT molecular complexity index is 1570. The number of halogens is 3. The van der Waals surface area contributed by atoms with Crippen LogP contribution in [0.2, 0.25) is 10.0 Å². The van der Waals surface area contributed by atoms with Crippen molar-refractivity contribution < 1.29 is 14.3 Å². The molecule has 4 aromatic rings. The number of carbonyl (C=O) groups is 1. The zero-order chi connectivity index (χ0) is 27.9. The molecule has 0 spiro atoms. The molecule has 1 amide bonds. The van der Waals surface area contributed by atoms with Crippen molar-refractivity contribution in [3.8, 4) is 28.4 Å². The van der Waals surface area contributed by atoms with Crippen LogP contribution in [0.1, 0.15) is 54.7 Å². The number of fused-ring (bicyclic) bond motifs is 3. The number of benzene rings is 3. The van der Waals surface area contributed by atoms with Crippen LogP contribution in [0.25, 0.3) is 16.9 Å². The number of piperidine rings is 1. The number of hydrogen-bond acceptors (Lipinski definition) is 5. The van der Waals surface area contributed by atoms with E-state index in [1.165, 1.54) is 6.42 Å². The van der Waals surface area contributed by atoms with Gasteiger partial charge in [-0.05, 0) is 62.6 Å². The third kappa shape index (κ3) is 5.90. The largest absolute Gasteiger partial charge is 0.489 e. The van der Waals surface area contributed by atoms with E-state index in [0.717, 1.165) is 42.8 Å². The van der Waals surface area contributed by atoms with E-state index in [4.69, 9.17) is 37.8 Å². The Labute approximate surface area is 255 Å². The van der Waals surface area contributed by atoms with E-state index in [2.05, 4.69) is 5.43 Å². The molecule has 0 unspecified atom stereocenters. The van der Waals surface area contributed by atoms with Gasteiger partial charge in [-0.3, -0.25) is 10.2 Å². The van der Waals surface area contributed by atoms with E-state index in [9.17, 15) is 4.79 Å². The maximum atomic E-state index is 13.7. The predicted molar refractivity (Wildman–Crippen MR) is 164 cm³/mol. The van der Waals surface area contributed by atoms with Crippen LogP contribution in [0, 0.1) is 0 Å². The zero-order valence-corrected chi connectivity index (χ0v) is 25.2. The van der Waals surface area contributed by atoms with Gasteiger partial charge < -0.3 is 9.47 Å². The van der Waals surface area contributed by atoms with Gasteiger partial charge in [0, 0.05) is 29.7 Å². The number of aromatic nitrogens is 2. The molecular formula is C31H31Cl3N4O3. The van der Waals surface area contributed by atoms with Crippen molar-refractivity contribution in [1.29, 1.82) is 0 Å². The molecule has 1 N–H and O–H groups in total. The monoisotopic (exact) mass is 612 g/mol. The van der Waals surface area contributed by atoms with Gasteiger partial charge in [-0.25, -0.2) is 9.69 Å². The summed E-state index contributed by atoms with van der Waals surface area (Å²) in [5, 5.41) is 7.76. The van der Waals surface area contributed by atoms with Gasteiger partial charge in [0.2, 0.25) is 0 Å². The summed E-state index contributed by atoms with van der Waals surface area (Å²) in [4.78, 5) is 13.7. The molecule has 3 heterocycles. The van der Waals surface area contributed by atoms with Crippen LogP contribution in [0.5, 0.6) is 11.5 Å². The number of amides is 1. The minimum Gasteiger partial charge on any atom is -0.489 e. The van der Waals surface area contributed by atoms with Crippen LogP contribution in [-0.2, 0) is 12.2 Å². The molecule has 2 aliphatic heterocycles. The van der Waals surface area contributed by atoms with Crippen molar-refractivity contribution in [3.63, 3.8) is 0 Å². The van der Waals surface area contributed by atoms with Crippen LogP contribution in [0.15, 0.2) is 66.7 Å². The Morgan fingerprint density at radius 1 is 1.02 bits per heavy atom. The first-order chi connectivity index (χ1) is 19.3. The molecule has 0 bridgehead atoms. The topological polar surface area (TPSA) is 68.6 Å². The van der Waals surface area contributed by atoms with Gasteiger partial charge in [0.05, 0.1) is 22.0 Å². The lowest BCUT2D eigenvalue weighted by atomic mass is 9.88. The molecule has 1 aromatic heterocycles. The van der Waals surface area contributed by atoms with E-state index in [1.54, 1.807) is 16.8 Å². The van der Waals surface area contributed by atoms with E-state index in [1.807, 2.05) is 73.5 Å². The maximum absolute atomic E-state index is 13.7.